The lowest BCUT2D eigenvalue weighted by molar-refractivity contribution is -0.141. The van der Waals surface area contributed by atoms with Gasteiger partial charge in [0.1, 0.15) is 18.7 Å². The summed E-state index contributed by atoms with van der Waals surface area (Å²) >= 11 is 0. The lowest BCUT2D eigenvalue weighted by atomic mass is 10.1. The van der Waals surface area contributed by atoms with Gasteiger partial charge >= 0.3 is 5.97 Å². The number of anilines is 1. The van der Waals surface area contributed by atoms with Gasteiger partial charge in [-0.1, -0.05) is 13.3 Å². The molecule has 1 N–H and O–H groups in total. The maximum Gasteiger partial charge on any atom is 0.325 e. The number of carbonyl (C=O) groups excluding carboxylic acids is 1. The number of ether oxygens (including phenoxy) is 1. The van der Waals surface area contributed by atoms with Gasteiger partial charge in [0, 0.05) is 5.69 Å². The Morgan fingerprint density at radius 2 is 2.05 bits per heavy atom. The van der Waals surface area contributed by atoms with E-state index in [2.05, 4.69) is 5.32 Å². The topological polar surface area (TPSA) is 85.9 Å². The molecule has 19 heavy (non-hydrogen) atoms. The number of hydrogen-bond acceptors (Lipinski definition) is 5. The maximum absolute atomic E-state index is 11.4. The summed E-state index contributed by atoms with van der Waals surface area (Å²) in [4.78, 5) is 11.4. The highest BCUT2D eigenvalue weighted by Gasteiger charge is 2.05. The first-order valence-electron chi connectivity index (χ1n) is 6.05. The number of nitriles is 2. The van der Waals surface area contributed by atoms with E-state index < -0.39 is 0 Å². The minimum absolute atomic E-state index is 0.0421. The van der Waals surface area contributed by atoms with E-state index in [1.165, 1.54) is 6.07 Å². The van der Waals surface area contributed by atoms with Crippen molar-refractivity contribution in [1.29, 1.82) is 10.5 Å². The number of nitrogens with one attached hydrogen (secondary N) is 1. The van der Waals surface area contributed by atoms with Crippen LogP contribution in [0.2, 0.25) is 0 Å². The van der Waals surface area contributed by atoms with Gasteiger partial charge in [-0.3, -0.25) is 4.79 Å². The first kappa shape index (κ1) is 14.5. The third-order valence-corrected chi connectivity index (χ3v) is 2.46. The molecular weight excluding hydrogens is 242 g/mol. The van der Waals surface area contributed by atoms with Crippen molar-refractivity contribution in [3.05, 3.63) is 29.3 Å². The molecule has 0 radical (unpaired) electrons. The van der Waals surface area contributed by atoms with Crippen LogP contribution in [0.15, 0.2) is 18.2 Å². The minimum atomic E-state index is -0.337. The molecule has 1 aromatic rings. The Morgan fingerprint density at radius 1 is 1.32 bits per heavy atom. The van der Waals surface area contributed by atoms with Crippen LogP contribution in [0.3, 0.4) is 0 Å². The number of hydrogen-bond donors (Lipinski definition) is 1. The van der Waals surface area contributed by atoms with Crippen molar-refractivity contribution < 1.29 is 9.53 Å². The summed E-state index contributed by atoms with van der Waals surface area (Å²) in [7, 11) is 0. The summed E-state index contributed by atoms with van der Waals surface area (Å²) in [5, 5.41) is 20.5. The van der Waals surface area contributed by atoms with Gasteiger partial charge in [-0.25, -0.2) is 0 Å². The number of rotatable bonds is 6. The van der Waals surface area contributed by atoms with Crippen LogP contribution in [0.5, 0.6) is 0 Å². The normalized spacial score (nSPS) is 9.21. The average molecular weight is 257 g/mol. The number of esters is 1. The second-order valence-corrected chi connectivity index (χ2v) is 3.91. The van der Waals surface area contributed by atoms with E-state index in [9.17, 15) is 4.79 Å². The van der Waals surface area contributed by atoms with Crippen LogP contribution in [0.1, 0.15) is 30.9 Å². The average Bonchev–Trinajstić information content (AvgIpc) is 2.45. The predicted octanol–water partition coefficient (Wildman–Crippen LogP) is 2.19. The zero-order valence-electron chi connectivity index (χ0n) is 10.8. The Labute approximate surface area is 112 Å². The minimum Gasteiger partial charge on any atom is -0.464 e. The van der Waals surface area contributed by atoms with Crippen LogP contribution >= 0.6 is 0 Å². The molecule has 98 valence electrons. The van der Waals surface area contributed by atoms with Gasteiger partial charge in [-0.2, -0.15) is 10.5 Å². The molecule has 0 spiro atoms. The fourth-order valence-electron chi connectivity index (χ4n) is 1.40. The Hall–Kier alpha value is -2.53. The van der Waals surface area contributed by atoms with Gasteiger partial charge in [-0.15, -0.1) is 0 Å². The summed E-state index contributed by atoms with van der Waals surface area (Å²) in [6.45, 7) is 2.49. The van der Waals surface area contributed by atoms with Crippen molar-refractivity contribution in [1.82, 2.24) is 0 Å². The van der Waals surface area contributed by atoms with Crippen molar-refractivity contribution in [3.63, 3.8) is 0 Å². The predicted molar refractivity (Wildman–Crippen MR) is 70.2 cm³/mol. The van der Waals surface area contributed by atoms with E-state index in [0.717, 1.165) is 12.8 Å². The molecule has 0 aliphatic rings. The molecule has 0 aliphatic heterocycles. The molecule has 0 aliphatic carbocycles. The van der Waals surface area contributed by atoms with E-state index in [0.29, 0.717) is 17.9 Å². The van der Waals surface area contributed by atoms with Crippen LogP contribution in [0.4, 0.5) is 5.69 Å². The molecule has 0 atom stereocenters. The number of unbranched alkanes of at least 4 members (excludes halogenated alkanes) is 1. The van der Waals surface area contributed by atoms with E-state index >= 15 is 0 Å². The molecule has 0 saturated heterocycles. The van der Waals surface area contributed by atoms with Gasteiger partial charge in [0.2, 0.25) is 0 Å². The van der Waals surface area contributed by atoms with Gasteiger partial charge in [0.15, 0.2) is 0 Å². The van der Waals surface area contributed by atoms with Crippen LogP contribution in [0, 0.1) is 22.7 Å². The number of carbonyl (C=O) groups is 1. The first-order chi connectivity index (χ1) is 9.21. The van der Waals surface area contributed by atoms with Crippen molar-refractivity contribution >= 4 is 11.7 Å². The van der Waals surface area contributed by atoms with E-state index in [4.69, 9.17) is 15.3 Å². The van der Waals surface area contributed by atoms with Gasteiger partial charge < -0.3 is 10.1 Å². The Bertz CT molecular complexity index is 526. The molecule has 0 amide bonds. The standard InChI is InChI=1S/C14H15N3O2/c1-2-3-6-19-14(18)10-17-13-5-4-11(8-15)12(7-13)9-16/h4-5,7,17H,2-3,6,10H2,1H3. The molecule has 0 saturated carbocycles. The number of nitrogens with zero attached hydrogens (tertiary/aromatic N) is 2. The molecule has 5 nitrogen and oxygen atoms in total. The van der Waals surface area contributed by atoms with Gasteiger partial charge in [-0.05, 0) is 24.6 Å². The van der Waals surface area contributed by atoms with Crippen LogP contribution in [-0.2, 0) is 9.53 Å². The quantitative estimate of drug-likeness (QED) is 0.623. The van der Waals surface area contributed by atoms with Crippen molar-refractivity contribution in [2.75, 3.05) is 18.5 Å². The number of benzene rings is 1. The molecule has 0 unspecified atom stereocenters. The maximum atomic E-state index is 11.4. The second-order valence-electron chi connectivity index (χ2n) is 3.91. The molecule has 5 heteroatoms. The van der Waals surface area contributed by atoms with E-state index in [1.807, 2.05) is 19.1 Å². The van der Waals surface area contributed by atoms with E-state index in [1.54, 1.807) is 12.1 Å². The van der Waals surface area contributed by atoms with Crippen LogP contribution in [0.25, 0.3) is 0 Å². The third-order valence-electron chi connectivity index (χ3n) is 2.46. The Morgan fingerprint density at radius 3 is 2.68 bits per heavy atom. The molecule has 0 heterocycles. The highest BCUT2D eigenvalue weighted by atomic mass is 16.5. The molecular formula is C14H15N3O2. The molecule has 0 bridgehead atoms. The van der Waals surface area contributed by atoms with Crippen molar-refractivity contribution in [3.8, 4) is 12.1 Å². The lowest BCUT2D eigenvalue weighted by Gasteiger charge is -2.07. The molecule has 1 rings (SSSR count). The fourth-order valence-corrected chi connectivity index (χ4v) is 1.40. The highest BCUT2D eigenvalue weighted by molar-refractivity contribution is 5.75. The van der Waals surface area contributed by atoms with Gasteiger partial charge in [0.05, 0.1) is 17.7 Å². The summed E-state index contributed by atoms with van der Waals surface area (Å²) in [6.07, 6.45) is 1.82. The largest absolute Gasteiger partial charge is 0.464 e. The SMILES string of the molecule is CCCCOC(=O)CNc1ccc(C#N)c(C#N)c1. The lowest BCUT2D eigenvalue weighted by Crippen LogP contribution is -2.17. The molecule has 1 aromatic carbocycles. The monoisotopic (exact) mass is 257 g/mol. The molecule has 0 fully saturated rings. The zero-order valence-corrected chi connectivity index (χ0v) is 10.8. The van der Waals surface area contributed by atoms with Crippen molar-refractivity contribution in [2.45, 2.75) is 19.8 Å². The third kappa shape index (κ3) is 4.69. The summed E-state index contributed by atoms with van der Waals surface area (Å²) in [6, 6.07) is 8.60. The summed E-state index contributed by atoms with van der Waals surface area (Å²) in [5.41, 5.74) is 1.22. The Kier molecular flexibility index (Phi) is 5.91. The smallest absolute Gasteiger partial charge is 0.325 e. The van der Waals surface area contributed by atoms with Crippen LogP contribution in [-0.4, -0.2) is 19.1 Å². The molecule has 0 aromatic heterocycles. The van der Waals surface area contributed by atoms with Gasteiger partial charge in [0.25, 0.3) is 0 Å². The van der Waals surface area contributed by atoms with E-state index in [-0.39, 0.29) is 18.1 Å². The van der Waals surface area contributed by atoms with Crippen molar-refractivity contribution in [2.24, 2.45) is 0 Å². The second kappa shape index (κ2) is 7.73. The Balaban J connectivity index is 2.53. The fraction of sp³-hybridized carbons (Fsp3) is 0.357. The summed E-state index contributed by atoms with van der Waals surface area (Å²) < 4.78 is 4.99. The zero-order chi connectivity index (χ0) is 14.1. The highest BCUT2D eigenvalue weighted by Crippen LogP contribution is 2.14. The summed E-state index contributed by atoms with van der Waals surface area (Å²) in [5.74, 6) is -0.337. The van der Waals surface area contributed by atoms with Crippen LogP contribution < -0.4 is 5.32 Å². The first-order valence-corrected chi connectivity index (χ1v) is 6.05.